The summed E-state index contributed by atoms with van der Waals surface area (Å²) in [6.45, 7) is 5.74. The zero-order chi connectivity index (χ0) is 21.4. The Labute approximate surface area is 183 Å². The maximum atomic E-state index is 13.2. The Morgan fingerprint density at radius 1 is 1.17 bits per heavy atom. The molecule has 1 aliphatic rings. The van der Waals surface area contributed by atoms with Gasteiger partial charge in [-0.2, -0.15) is 4.98 Å². The van der Waals surface area contributed by atoms with Gasteiger partial charge in [-0.25, -0.2) is 0 Å². The molecule has 1 fully saturated rings. The normalized spacial score (nSPS) is 15.6. The van der Waals surface area contributed by atoms with Crippen molar-refractivity contribution in [2.45, 2.75) is 26.8 Å². The van der Waals surface area contributed by atoms with Gasteiger partial charge < -0.3 is 4.74 Å². The average molecular weight is 438 g/mol. The van der Waals surface area contributed by atoms with Crippen molar-refractivity contribution in [2.75, 3.05) is 0 Å². The third-order valence-corrected chi connectivity index (χ3v) is 5.88. The molecule has 1 aliphatic heterocycles. The van der Waals surface area contributed by atoms with Crippen LogP contribution in [0, 0.1) is 6.92 Å². The molecular formula is C22H19N3O3S2. The van der Waals surface area contributed by atoms with Crippen LogP contribution in [-0.4, -0.2) is 30.6 Å². The number of aromatic nitrogens is 2. The standard InChI is InChI=1S/C22H19N3O3S2/c1-13(2)25-21(27)17(30-22(25)29)12-16-19(28-15-8-6-7-14(3)11-15)23-18-9-4-5-10-24(18)20(16)26/h4-13H,1-3H3. The number of thiocarbonyl (C=S) groups is 1. The molecule has 0 spiro atoms. The molecule has 3 aromatic rings. The third-order valence-electron chi connectivity index (χ3n) is 4.55. The molecule has 0 aliphatic carbocycles. The van der Waals surface area contributed by atoms with E-state index in [1.807, 2.05) is 39.0 Å². The fourth-order valence-electron chi connectivity index (χ4n) is 3.13. The molecule has 30 heavy (non-hydrogen) atoms. The first kappa shape index (κ1) is 20.3. The fraction of sp³-hybridized carbons (Fsp3) is 0.182. The molecule has 1 aromatic carbocycles. The maximum Gasteiger partial charge on any atom is 0.269 e. The number of hydrogen-bond donors (Lipinski definition) is 0. The zero-order valence-electron chi connectivity index (χ0n) is 16.7. The van der Waals surface area contributed by atoms with E-state index in [9.17, 15) is 9.59 Å². The van der Waals surface area contributed by atoms with Gasteiger partial charge in [0.15, 0.2) is 0 Å². The summed E-state index contributed by atoms with van der Waals surface area (Å²) in [6, 6.07) is 12.7. The number of ether oxygens (including phenoxy) is 1. The highest BCUT2D eigenvalue weighted by Gasteiger charge is 2.34. The Hall–Kier alpha value is -2.97. The highest BCUT2D eigenvalue weighted by atomic mass is 32.2. The summed E-state index contributed by atoms with van der Waals surface area (Å²) in [4.78, 5) is 32.5. The lowest BCUT2D eigenvalue weighted by Crippen LogP contribution is -2.34. The molecule has 0 radical (unpaired) electrons. The first-order chi connectivity index (χ1) is 14.3. The average Bonchev–Trinajstić information content (AvgIpc) is 2.98. The van der Waals surface area contributed by atoms with Gasteiger partial charge in [-0.3, -0.25) is 18.9 Å². The number of benzene rings is 1. The van der Waals surface area contributed by atoms with Crippen molar-refractivity contribution < 1.29 is 9.53 Å². The molecule has 0 N–H and O–H groups in total. The van der Waals surface area contributed by atoms with E-state index in [2.05, 4.69) is 4.98 Å². The van der Waals surface area contributed by atoms with Gasteiger partial charge in [-0.1, -0.05) is 42.2 Å². The van der Waals surface area contributed by atoms with Crippen LogP contribution < -0.4 is 10.3 Å². The molecule has 0 unspecified atom stereocenters. The van der Waals surface area contributed by atoms with Gasteiger partial charge in [0.2, 0.25) is 5.88 Å². The Kier molecular flexibility index (Phi) is 5.44. The van der Waals surface area contributed by atoms with Gasteiger partial charge >= 0.3 is 0 Å². The van der Waals surface area contributed by atoms with Crippen LogP contribution in [0.4, 0.5) is 0 Å². The molecule has 0 atom stereocenters. The van der Waals surface area contributed by atoms with Crippen LogP contribution in [0.1, 0.15) is 25.0 Å². The Bertz CT molecular complexity index is 1260. The van der Waals surface area contributed by atoms with Crippen molar-refractivity contribution in [1.82, 2.24) is 14.3 Å². The minimum absolute atomic E-state index is 0.0674. The predicted molar refractivity (Wildman–Crippen MR) is 123 cm³/mol. The smallest absolute Gasteiger partial charge is 0.269 e. The number of nitrogens with zero attached hydrogens (tertiary/aromatic N) is 3. The second-order valence-electron chi connectivity index (χ2n) is 7.13. The van der Waals surface area contributed by atoms with E-state index in [-0.39, 0.29) is 29.0 Å². The summed E-state index contributed by atoms with van der Waals surface area (Å²) >= 11 is 6.52. The van der Waals surface area contributed by atoms with E-state index in [0.717, 1.165) is 5.56 Å². The number of hydrogen-bond acceptors (Lipinski definition) is 6. The monoisotopic (exact) mass is 437 g/mol. The molecule has 6 nitrogen and oxygen atoms in total. The predicted octanol–water partition coefficient (Wildman–Crippen LogP) is 4.40. The van der Waals surface area contributed by atoms with Crippen LogP contribution in [0.15, 0.2) is 58.4 Å². The Morgan fingerprint density at radius 2 is 1.97 bits per heavy atom. The van der Waals surface area contributed by atoms with E-state index in [1.165, 1.54) is 22.2 Å². The quantitative estimate of drug-likeness (QED) is 0.445. The van der Waals surface area contributed by atoms with Gasteiger partial charge in [-0.15, -0.1) is 0 Å². The fourth-order valence-corrected chi connectivity index (χ4v) is 4.64. The lowest BCUT2D eigenvalue weighted by Gasteiger charge is -2.18. The Balaban J connectivity index is 1.87. The van der Waals surface area contributed by atoms with Gasteiger partial charge in [0.05, 0.1) is 4.91 Å². The molecule has 0 saturated carbocycles. The number of carbonyl (C=O) groups is 1. The highest BCUT2D eigenvalue weighted by Crippen LogP contribution is 2.35. The lowest BCUT2D eigenvalue weighted by atomic mass is 10.2. The van der Waals surface area contributed by atoms with E-state index < -0.39 is 0 Å². The van der Waals surface area contributed by atoms with Crippen LogP contribution in [0.5, 0.6) is 11.6 Å². The van der Waals surface area contributed by atoms with Crippen molar-refractivity contribution in [3.05, 3.63) is 75.0 Å². The summed E-state index contributed by atoms with van der Waals surface area (Å²) < 4.78 is 7.89. The van der Waals surface area contributed by atoms with Gasteiger partial charge in [0.25, 0.3) is 11.5 Å². The molecule has 1 saturated heterocycles. The molecular weight excluding hydrogens is 418 g/mol. The van der Waals surface area contributed by atoms with Crippen molar-refractivity contribution in [2.24, 2.45) is 0 Å². The molecule has 8 heteroatoms. The number of amides is 1. The van der Waals surface area contributed by atoms with Crippen LogP contribution in [0.2, 0.25) is 0 Å². The van der Waals surface area contributed by atoms with Crippen molar-refractivity contribution >= 4 is 45.9 Å². The van der Waals surface area contributed by atoms with E-state index in [1.54, 1.807) is 35.4 Å². The van der Waals surface area contributed by atoms with Crippen LogP contribution in [-0.2, 0) is 4.79 Å². The minimum Gasteiger partial charge on any atom is -0.438 e. The second-order valence-corrected chi connectivity index (χ2v) is 8.80. The van der Waals surface area contributed by atoms with Gasteiger partial charge in [0.1, 0.15) is 21.3 Å². The first-order valence-corrected chi connectivity index (χ1v) is 10.6. The number of carbonyl (C=O) groups excluding carboxylic acids is 1. The SMILES string of the molecule is Cc1cccc(Oc2nc3ccccn3c(=O)c2C=C2SC(=S)N(C(C)C)C2=O)c1. The lowest BCUT2D eigenvalue weighted by molar-refractivity contribution is -0.123. The van der Waals surface area contributed by atoms with Gasteiger partial charge in [-0.05, 0) is 56.7 Å². The highest BCUT2D eigenvalue weighted by molar-refractivity contribution is 8.26. The second kappa shape index (κ2) is 8.04. The number of thioether (sulfide) groups is 1. The number of pyridine rings is 1. The molecule has 1 amide bonds. The topological polar surface area (TPSA) is 63.9 Å². The molecule has 2 aromatic heterocycles. The third kappa shape index (κ3) is 3.76. The zero-order valence-corrected chi connectivity index (χ0v) is 18.3. The summed E-state index contributed by atoms with van der Waals surface area (Å²) in [7, 11) is 0. The molecule has 3 heterocycles. The summed E-state index contributed by atoms with van der Waals surface area (Å²) in [6.07, 6.45) is 3.17. The summed E-state index contributed by atoms with van der Waals surface area (Å²) in [5, 5.41) is 0. The number of rotatable bonds is 4. The minimum atomic E-state index is -0.321. The molecule has 4 rings (SSSR count). The number of fused-ring (bicyclic) bond motifs is 1. The summed E-state index contributed by atoms with van der Waals surface area (Å²) in [5.41, 5.74) is 1.35. The van der Waals surface area contributed by atoms with Crippen molar-refractivity contribution in [1.29, 1.82) is 0 Å². The summed E-state index contributed by atoms with van der Waals surface area (Å²) in [5.74, 6) is 0.484. The van der Waals surface area contributed by atoms with Crippen LogP contribution in [0.25, 0.3) is 11.7 Å². The van der Waals surface area contributed by atoms with E-state index in [0.29, 0.717) is 20.6 Å². The van der Waals surface area contributed by atoms with Crippen LogP contribution in [0.3, 0.4) is 0 Å². The van der Waals surface area contributed by atoms with Gasteiger partial charge in [0, 0.05) is 12.2 Å². The molecule has 152 valence electrons. The van der Waals surface area contributed by atoms with Crippen LogP contribution >= 0.6 is 24.0 Å². The maximum absolute atomic E-state index is 13.2. The van der Waals surface area contributed by atoms with E-state index >= 15 is 0 Å². The van der Waals surface area contributed by atoms with Crippen molar-refractivity contribution in [3.63, 3.8) is 0 Å². The Morgan fingerprint density at radius 3 is 2.67 bits per heavy atom. The number of aryl methyl sites for hydroxylation is 1. The van der Waals surface area contributed by atoms with E-state index in [4.69, 9.17) is 17.0 Å². The largest absolute Gasteiger partial charge is 0.438 e. The molecule has 0 bridgehead atoms. The first-order valence-electron chi connectivity index (χ1n) is 9.38. The van der Waals surface area contributed by atoms with Crippen molar-refractivity contribution in [3.8, 4) is 11.6 Å².